The normalized spacial score (nSPS) is 12.9. The molecule has 0 aliphatic heterocycles. The zero-order valence-electron chi connectivity index (χ0n) is 9.54. The molecule has 0 amide bonds. The molecule has 2 nitrogen and oxygen atoms in total. The number of nitrogens with two attached hydrogens (primary N) is 1. The molecule has 0 radical (unpaired) electrons. The van der Waals surface area contributed by atoms with E-state index in [2.05, 4.69) is 13.8 Å². The van der Waals surface area contributed by atoms with Gasteiger partial charge in [-0.15, -0.1) is 0 Å². The minimum atomic E-state index is 0.151. The monoisotopic (exact) mass is 261 g/mol. The molecule has 0 saturated carbocycles. The second kappa shape index (κ2) is 6.33. The Labute approximate surface area is 107 Å². The Balaban J connectivity index is 2.46. The molecule has 0 saturated heterocycles. The van der Waals surface area contributed by atoms with Gasteiger partial charge in [-0.05, 0) is 24.5 Å². The molecule has 0 heterocycles. The number of rotatable bonds is 5. The molecule has 0 aliphatic carbocycles. The van der Waals surface area contributed by atoms with Gasteiger partial charge in [-0.1, -0.05) is 43.1 Å². The SMILES string of the molecule is CC(C)C(N)CCOc1cccc(Cl)c1Cl. The van der Waals surface area contributed by atoms with Gasteiger partial charge in [0.2, 0.25) is 0 Å². The topological polar surface area (TPSA) is 35.2 Å². The maximum Gasteiger partial charge on any atom is 0.139 e. The van der Waals surface area contributed by atoms with Crippen molar-refractivity contribution in [3.05, 3.63) is 28.2 Å². The van der Waals surface area contributed by atoms with Crippen molar-refractivity contribution in [1.82, 2.24) is 0 Å². The summed E-state index contributed by atoms with van der Waals surface area (Å²) in [5, 5.41) is 0.967. The molecular weight excluding hydrogens is 245 g/mol. The summed E-state index contributed by atoms with van der Waals surface area (Å²) < 4.78 is 5.54. The van der Waals surface area contributed by atoms with Gasteiger partial charge >= 0.3 is 0 Å². The smallest absolute Gasteiger partial charge is 0.139 e. The molecule has 16 heavy (non-hydrogen) atoms. The molecule has 1 aromatic carbocycles. The fraction of sp³-hybridized carbons (Fsp3) is 0.500. The summed E-state index contributed by atoms with van der Waals surface area (Å²) >= 11 is 11.9. The third-order valence-electron chi connectivity index (χ3n) is 2.48. The average molecular weight is 262 g/mol. The summed E-state index contributed by atoms with van der Waals surface area (Å²) in [6, 6.07) is 5.50. The molecule has 1 unspecified atom stereocenters. The highest BCUT2D eigenvalue weighted by atomic mass is 35.5. The summed E-state index contributed by atoms with van der Waals surface area (Å²) in [6.07, 6.45) is 0.806. The first-order valence-electron chi connectivity index (χ1n) is 5.34. The number of halogens is 2. The van der Waals surface area contributed by atoms with Gasteiger partial charge in [0.1, 0.15) is 10.8 Å². The quantitative estimate of drug-likeness (QED) is 0.877. The third-order valence-corrected chi connectivity index (χ3v) is 3.28. The van der Waals surface area contributed by atoms with Crippen LogP contribution in [0.3, 0.4) is 0 Å². The van der Waals surface area contributed by atoms with E-state index < -0.39 is 0 Å². The van der Waals surface area contributed by atoms with Crippen LogP contribution in [0, 0.1) is 5.92 Å². The molecule has 1 atom stereocenters. The Morgan fingerprint density at radius 3 is 2.62 bits per heavy atom. The van der Waals surface area contributed by atoms with E-state index in [0.29, 0.717) is 28.3 Å². The molecule has 0 aliphatic rings. The van der Waals surface area contributed by atoms with Gasteiger partial charge in [0, 0.05) is 6.04 Å². The molecule has 0 fully saturated rings. The lowest BCUT2D eigenvalue weighted by atomic mass is 10.0. The van der Waals surface area contributed by atoms with E-state index in [1.165, 1.54) is 0 Å². The summed E-state index contributed by atoms with van der Waals surface area (Å²) in [7, 11) is 0. The van der Waals surface area contributed by atoms with E-state index in [4.69, 9.17) is 33.7 Å². The van der Waals surface area contributed by atoms with Crippen LogP contribution in [0.2, 0.25) is 10.0 Å². The Morgan fingerprint density at radius 1 is 1.31 bits per heavy atom. The lowest BCUT2D eigenvalue weighted by molar-refractivity contribution is 0.282. The van der Waals surface area contributed by atoms with Crippen LogP contribution in [0.1, 0.15) is 20.3 Å². The van der Waals surface area contributed by atoms with Crippen molar-refractivity contribution in [2.24, 2.45) is 11.7 Å². The predicted octanol–water partition coefficient (Wildman–Crippen LogP) is 3.75. The summed E-state index contributed by atoms with van der Waals surface area (Å²) in [4.78, 5) is 0. The molecule has 90 valence electrons. The maximum atomic E-state index is 5.98. The lowest BCUT2D eigenvalue weighted by Crippen LogP contribution is -2.28. The zero-order chi connectivity index (χ0) is 12.1. The van der Waals surface area contributed by atoms with Gasteiger partial charge in [-0.25, -0.2) is 0 Å². The van der Waals surface area contributed by atoms with Gasteiger partial charge in [-0.3, -0.25) is 0 Å². The highest BCUT2D eigenvalue weighted by molar-refractivity contribution is 6.42. The molecule has 0 aromatic heterocycles. The van der Waals surface area contributed by atoms with Crippen molar-refractivity contribution in [2.75, 3.05) is 6.61 Å². The molecule has 0 bridgehead atoms. The van der Waals surface area contributed by atoms with E-state index in [9.17, 15) is 0 Å². The lowest BCUT2D eigenvalue weighted by Gasteiger charge is -2.16. The van der Waals surface area contributed by atoms with Crippen LogP contribution in [-0.2, 0) is 0 Å². The maximum absolute atomic E-state index is 5.98. The Kier molecular flexibility index (Phi) is 5.39. The van der Waals surface area contributed by atoms with Gasteiger partial charge < -0.3 is 10.5 Å². The second-order valence-electron chi connectivity index (χ2n) is 4.10. The minimum Gasteiger partial charge on any atom is -0.492 e. The number of ether oxygens (including phenoxy) is 1. The summed E-state index contributed by atoms with van der Waals surface area (Å²) in [5.74, 6) is 1.07. The van der Waals surface area contributed by atoms with Crippen LogP contribution in [0.4, 0.5) is 0 Å². The Morgan fingerprint density at radius 2 is 2.00 bits per heavy atom. The van der Waals surface area contributed by atoms with E-state index in [1.807, 2.05) is 6.07 Å². The van der Waals surface area contributed by atoms with Gasteiger partial charge in [0.05, 0.1) is 11.6 Å². The van der Waals surface area contributed by atoms with E-state index in [0.717, 1.165) is 6.42 Å². The minimum absolute atomic E-state index is 0.151. The average Bonchev–Trinajstić information content (AvgIpc) is 2.24. The van der Waals surface area contributed by atoms with Crippen LogP contribution in [0.5, 0.6) is 5.75 Å². The van der Waals surface area contributed by atoms with E-state index in [1.54, 1.807) is 12.1 Å². The van der Waals surface area contributed by atoms with Crippen molar-refractivity contribution in [3.63, 3.8) is 0 Å². The van der Waals surface area contributed by atoms with Crippen LogP contribution in [0.15, 0.2) is 18.2 Å². The first kappa shape index (κ1) is 13.6. The molecule has 2 N–H and O–H groups in total. The van der Waals surface area contributed by atoms with Crippen LogP contribution >= 0.6 is 23.2 Å². The molecule has 1 rings (SSSR count). The first-order chi connectivity index (χ1) is 7.52. The highest BCUT2D eigenvalue weighted by Crippen LogP contribution is 2.31. The van der Waals surface area contributed by atoms with Crippen molar-refractivity contribution >= 4 is 23.2 Å². The third kappa shape index (κ3) is 3.85. The Hall–Kier alpha value is -0.440. The molecule has 1 aromatic rings. The first-order valence-corrected chi connectivity index (χ1v) is 6.10. The van der Waals surface area contributed by atoms with Crippen molar-refractivity contribution in [2.45, 2.75) is 26.3 Å². The van der Waals surface area contributed by atoms with Gasteiger partial charge in [0.15, 0.2) is 0 Å². The second-order valence-corrected chi connectivity index (χ2v) is 4.88. The van der Waals surface area contributed by atoms with Crippen molar-refractivity contribution < 1.29 is 4.74 Å². The number of hydrogen-bond donors (Lipinski definition) is 1. The van der Waals surface area contributed by atoms with Crippen molar-refractivity contribution in [1.29, 1.82) is 0 Å². The van der Waals surface area contributed by atoms with E-state index >= 15 is 0 Å². The van der Waals surface area contributed by atoms with Crippen LogP contribution < -0.4 is 10.5 Å². The predicted molar refractivity (Wildman–Crippen MR) is 69.4 cm³/mol. The van der Waals surface area contributed by atoms with Gasteiger partial charge in [-0.2, -0.15) is 0 Å². The fourth-order valence-electron chi connectivity index (χ4n) is 1.23. The van der Waals surface area contributed by atoms with E-state index in [-0.39, 0.29) is 6.04 Å². The molecule has 0 spiro atoms. The largest absolute Gasteiger partial charge is 0.492 e. The Bertz CT molecular complexity index is 342. The summed E-state index contributed by atoms with van der Waals surface area (Å²) in [5.41, 5.74) is 5.91. The zero-order valence-corrected chi connectivity index (χ0v) is 11.1. The van der Waals surface area contributed by atoms with Crippen molar-refractivity contribution in [3.8, 4) is 5.75 Å². The summed E-state index contributed by atoms with van der Waals surface area (Å²) in [6.45, 7) is 4.74. The fourth-order valence-corrected chi connectivity index (χ4v) is 1.58. The molecule has 4 heteroatoms. The number of hydrogen-bond acceptors (Lipinski definition) is 2. The van der Waals surface area contributed by atoms with Crippen LogP contribution in [0.25, 0.3) is 0 Å². The molecular formula is C12H17Cl2NO. The van der Waals surface area contributed by atoms with Crippen LogP contribution in [-0.4, -0.2) is 12.6 Å². The highest BCUT2D eigenvalue weighted by Gasteiger charge is 2.09. The number of benzene rings is 1. The standard InChI is InChI=1S/C12H17Cl2NO/c1-8(2)10(15)6-7-16-11-5-3-4-9(13)12(11)14/h3-5,8,10H,6-7,15H2,1-2H3. The van der Waals surface area contributed by atoms with Gasteiger partial charge in [0.25, 0.3) is 0 Å².